The minimum absolute atomic E-state index is 0. The van der Waals surface area contributed by atoms with Crippen molar-refractivity contribution >= 4 is 18.3 Å². The molecule has 1 saturated heterocycles. The van der Waals surface area contributed by atoms with E-state index in [0.717, 1.165) is 38.4 Å². The quantitative estimate of drug-likeness (QED) is 0.925. The molecular formula is C13H19ClFN3O. The van der Waals surface area contributed by atoms with Crippen LogP contribution in [0.5, 0.6) is 0 Å². The molecule has 1 aliphatic heterocycles. The van der Waals surface area contributed by atoms with E-state index >= 15 is 0 Å². The fraction of sp³-hybridized carbons (Fsp3) is 0.538. The van der Waals surface area contributed by atoms with Crippen LogP contribution < -0.4 is 5.73 Å². The van der Waals surface area contributed by atoms with Crippen LogP contribution in [0.1, 0.15) is 36.2 Å². The van der Waals surface area contributed by atoms with Gasteiger partial charge in [0.1, 0.15) is 11.5 Å². The summed E-state index contributed by atoms with van der Waals surface area (Å²) in [6, 6.07) is 2.90. The number of carbonyl (C=O) groups is 1. The Balaban J connectivity index is 0.00000180. The zero-order valence-corrected chi connectivity index (χ0v) is 11.5. The van der Waals surface area contributed by atoms with Gasteiger partial charge in [-0.1, -0.05) is 0 Å². The maximum atomic E-state index is 12.8. The summed E-state index contributed by atoms with van der Waals surface area (Å²) < 4.78 is 12.8. The highest BCUT2D eigenvalue weighted by Crippen LogP contribution is 2.21. The second kappa shape index (κ2) is 7.40. The summed E-state index contributed by atoms with van der Waals surface area (Å²) in [5, 5.41) is 0. The Morgan fingerprint density at radius 2 is 2.26 bits per heavy atom. The lowest BCUT2D eigenvalue weighted by Gasteiger charge is -2.35. The third kappa shape index (κ3) is 3.88. The molecule has 0 spiro atoms. The predicted octanol–water partition coefficient (Wildman–Crippen LogP) is 1.99. The molecule has 1 aromatic heterocycles. The van der Waals surface area contributed by atoms with Gasteiger partial charge >= 0.3 is 0 Å². The molecule has 4 nitrogen and oxygen atoms in total. The molecule has 1 aromatic rings. The van der Waals surface area contributed by atoms with Crippen molar-refractivity contribution in [3.05, 3.63) is 29.8 Å². The molecule has 0 bridgehead atoms. The van der Waals surface area contributed by atoms with E-state index in [-0.39, 0.29) is 24.4 Å². The summed E-state index contributed by atoms with van der Waals surface area (Å²) in [4.78, 5) is 18.0. The van der Waals surface area contributed by atoms with Crippen LogP contribution in [0.3, 0.4) is 0 Å². The summed E-state index contributed by atoms with van der Waals surface area (Å²) in [5.74, 6) is -0.545. The molecule has 0 aliphatic carbocycles. The summed E-state index contributed by atoms with van der Waals surface area (Å²) in [5.41, 5.74) is 5.88. The standard InChI is InChI=1S/C13H18FN3O.ClH/c14-10-4-5-12(16-9-10)13(18)17-8-2-1-3-11(17)6-7-15;/h4-5,9,11H,1-3,6-8,15H2;1H. The van der Waals surface area contributed by atoms with Crippen LogP contribution in [-0.4, -0.2) is 34.9 Å². The van der Waals surface area contributed by atoms with Crippen molar-refractivity contribution in [2.24, 2.45) is 5.73 Å². The van der Waals surface area contributed by atoms with Gasteiger partial charge in [0.15, 0.2) is 0 Å². The van der Waals surface area contributed by atoms with E-state index in [4.69, 9.17) is 5.73 Å². The molecule has 0 aromatic carbocycles. The van der Waals surface area contributed by atoms with Crippen LogP contribution in [0.15, 0.2) is 18.3 Å². The number of aromatic nitrogens is 1. The number of hydrogen-bond donors (Lipinski definition) is 1. The molecule has 19 heavy (non-hydrogen) atoms. The minimum Gasteiger partial charge on any atom is -0.334 e. The van der Waals surface area contributed by atoms with E-state index < -0.39 is 5.82 Å². The van der Waals surface area contributed by atoms with Crippen LogP contribution in [0.25, 0.3) is 0 Å². The Hall–Kier alpha value is -1.20. The van der Waals surface area contributed by atoms with Gasteiger partial charge in [0.05, 0.1) is 6.20 Å². The van der Waals surface area contributed by atoms with E-state index in [9.17, 15) is 9.18 Å². The first-order chi connectivity index (χ1) is 8.72. The molecule has 2 heterocycles. The number of carbonyl (C=O) groups excluding carboxylic acids is 1. The average molecular weight is 288 g/mol. The molecule has 2 rings (SSSR count). The smallest absolute Gasteiger partial charge is 0.272 e. The third-order valence-corrected chi connectivity index (χ3v) is 3.33. The molecule has 1 fully saturated rings. The largest absolute Gasteiger partial charge is 0.334 e. The first kappa shape index (κ1) is 15.9. The summed E-state index contributed by atoms with van der Waals surface area (Å²) >= 11 is 0. The number of amides is 1. The van der Waals surface area contributed by atoms with Crippen molar-refractivity contribution in [3.8, 4) is 0 Å². The Labute approximate surface area is 118 Å². The molecule has 1 atom stereocenters. The molecule has 1 amide bonds. The van der Waals surface area contributed by atoms with E-state index in [1.165, 1.54) is 12.1 Å². The topological polar surface area (TPSA) is 59.2 Å². The Bertz CT molecular complexity index is 411. The number of piperidine rings is 1. The number of rotatable bonds is 3. The van der Waals surface area contributed by atoms with E-state index in [2.05, 4.69) is 4.98 Å². The molecule has 1 unspecified atom stereocenters. The van der Waals surface area contributed by atoms with E-state index in [1.54, 1.807) is 0 Å². The van der Waals surface area contributed by atoms with Crippen molar-refractivity contribution in [1.82, 2.24) is 9.88 Å². The van der Waals surface area contributed by atoms with Crippen molar-refractivity contribution in [1.29, 1.82) is 0 Å². The molecule has 106 valence electrons. The van der Waals surface area contributed by atoms with E-state index in [1.807, 2.05) is 4.90 Å². The van der Waals surface area contributed by atoms with Crippen LogP contribution >= 0.6 is 12.4 Å². The Morgan fingerprint density at radius 3 is 2.89 bits per heavy atom. The number of likely N-dealkylation sites (tertiary alicyclic amines) is 1. The molecule has 6 heteroatoms. The van der Waals surface area contributed by atoms with Crippen molar-refractivity contribution < 1.29 is 9.18 Å². The highest BCUT2D eigenvalue weighted by molar-refractivity contribution is 5.92. The maximum Gasteiger partial charge on any atom is 0.272 e. The Morgan fingerprint density at radius 1 is 1.47 bits per heavy atom. The van der Waals surface area contributed by atoms with Crippen molar-refractivity contribution in [3.63, 3.8) is 0 Å². The molecule has 2 N–H and O–H groups in total. The molecule has 0 radical (unpaired) electrons. The van der Waals surface area contributed by atoms with Gasteiger partial charge in [0, 0.05) is 12.6 Å². The average Bonchev–Trinajstić information content (AvgIpc) is 2.40. The van der Waals surface area contributed by atoms with Crippen molar-refractivity contribution in [2.75, 3.05) is 13.1 Å². The van der Waals surface area contributed by atoms with Gasteiger partial charge in [-0.15, -0.1) is 12.4 Å². The maximum absolute atomic E-state index is 12.8. The summed E-state index contributed by atoms with van der Waals surface area (Å²) in [6.45, 7) is 1.31. The highest BCUT2D eigenvalue weighted by atomic mass is 35.5. The van der Waals surface area contributed by atoms with Gasteiger partial charge < -0.3 is 10.6 Å². The first-order valence-electron chi connectivity index (χ1n) is 6.35. The second-order valence-corrected chi connectivity index (χ2v) is 4.59. The zero-order chi connectivity index (χ0) is 13.0. The number of hydrogen-bond acceptors (Lipinski definition) is 3. The normalized spacial score (nSPS) is 18.8. The Kier molecular flexibility index (Phi) is 6.18. The third-order valence-electron chi connectivity index (χ3n) is 3.33. The van der Waals surface area contributed by atoms with Gasteiger partial charge in [-0.2, -0.15) is 0 Å². The lowest BCUT2D eigenvalue weighted by atomic mass is 9.99. The van der Waals surface area contributed by atoms with Crippen LogP contribution in [0.4, 0.5) is 4.39 Å². The SMILES string of the molecule is Cl.NCCC1CCCCN1C(=O)c1ccc(F)cn1. The van der Waals surface area contributed by atoms with Gasteiger partial charge in [0.2, 0.25) is 0 Å². The second-order valence-electron chi connectivity index (χ2n) is 4.59. The van der Waals surface area contributed by atoms with Gasteiger partial charge in [-0.25, -0.2) is 9.37 Å². The van der Waals surface area contributed by atoms with Crippen molar-refractivity contribution in [2.45, 2.75) is 31.7 Å². The zero-order valence-electron chi connectivity index (χ0n) is 10.7. The monoisotopic (exact) mass is 287 g/mol. The molecule has 1 aliphatic rings. The first-order valence-corrected chi connectivity index (χ1v) is 6.35. The lowest BCUT2D eigenvalue weighted by molar-refractivity contribution is 0.0599. The number of halogens is 2. The van der Waals surface area contributed by atoms with Gasteiger partial charge in [0.25, 0.3) is 5.91 Å². The summed E-state index contributed by atoms with van der Waals surface area (Å²) in [6.07, 6.45) is 5.02. The van der Waals surface area contributed by atoms with E-state index in [0.29, 0.717) is 12.2 Å². The van der Waals surface area contributed by atoms with Crippen LogP contribution in [0.2, 0.25) is 0 Å². The molecule has 0 saturated carbocycles. The molecular weight excluding hydrogens is 269 g/mol. The van der Waals surface area contributed by atoms with Crippen LogP contribution in [0, 0.1) is 5.82 Å². The predicted molar refractivity (Wildman–Crippen MR) is 73.8 cm³/mol. The van der Waals surface area contributed by atoms with Gasteiger partial charge in [-0.05, 0) is 44.4 Å². The van der Waals surface area contributed by atoms with Crippen LogP contribution in [-0.2, 0) is 0 Å². The fourth-order valence-corrected chi connectivity index (χ4v) is 2.41. The highest BCUT2D eigenvalue weighted by Gasteiger charge is 2.27. The number of nitrogens with two attached hydrogens (primary N) is 1. The number of pyridine rings is 1. The number of nitrogens with zero attached hydrogens (tertiary/aromatic N) is 2. The minimum atomic E-state index is -0.427. The van der Waals surface area contributed by atoms with Gasteiger partial charge in [-0.3, -0.25) is 4.79 Å². The lowest BCUT2D eigenvalue weighted by Crippen LogP contribution is -2.44. The fourth-order valence-electron chi connectivity index (χ4n) is 2.41. The summed E-state index contributed by atoms with van der Waals surface area (Å²) in [7, 11) is 0.